The van der Waals surface area contributed by atoms with Crippen molar-refractivity contribution in [1.29, 1.82) is 0 Å². The number of primary amides is 1. The van der Waals surface area contributed by atoms with Crippen LogP contribution in [0.5, 0.6) is 0 Å². The maximum Gasteiger partial charge on any atom is 0.252 e. The number of carbonyl (C=O) groups is 3. The average molecular weight is 512 g/mol. The second kappa shape index (κ2) is 13.4. The Morgan fingerprint density at radius 1 is 1.06 bits per heavy atom. The lowest BCUT2D eigenvalue weighted by molar-refractivity contribution is -0.122. The van der Waals surface area contributed by atoms with Crippen molar-refractivity contribution in [2.45, 2.75) is 77.2 Å². The van der Waals surface area contributed by atoms with Crippen molar-refractivity contribution >= 4 is 35.0 Å². The molecule has 1 fully saturated rings. The van der Waals surface area contributed by atoms with Crippen LogP contribution in [0.25, 0.3) is 0 Å². The van der Waals surface area contributed by atoms with E-state index in [0.29, 0.717) is 28.6 Å². The van der Waals surface area contributed by atoms with E-state index in [0.717, 1.165) is 44.1 Å². The van der Waals surface area contributed by atoms with Gasteiger partial charge in [-0.2, -0.15) is 0 Å². The maximum atomic E-state index is 13.5. The van der Waals surface area contributed by atoms with E-state index in [4.69, 9.17) is 17.3 Å². The Kier molecular flexibility index (Phi) is 10.4. The van der Waals surface area contributed by atoms with Crippen LogP contribution < -0.4 is 16.4 Å². The molecule has 0 aromatic heterocycles. The van der Waals surface area contributed by atoms with E-state index >= 15 is 0 Å². The molecule has 3 amide bonds. The number of benzene rings is 2. The highest BCUT2D eigenvalue weighted by Gasteiger charge is 2.35. The van der Waals surface area contributed by atoms with Crippen LogP contribution in [0.3, 0.4) is 0 Å². The van der Waals surface area contributed by atoms with E-state index in [9.17, 15) is 14.4 Å². The summed E-state index contributed by atoms with van der Waals surface area (Å²) in [6.45, 7) is 4.22. The molecule has 1 unspecified atom stereocenters. The molecule has 36 heavy (non-hydrogen) atoms. The molecule has 3 rings (SSSR count). The second-order valence-electron chi connectivity index (χ2n) is 9.87. The highest BCUT2D eigenvalue weighted by Crippen LogP contribution is 2.43. The molecule has 0 aliphatic heterocycles. The van der Waals surface area contributed by atoms with Gasteiger partial charge in [0.1, 0.15) is 6.04 Å². The van der Waals surface area contributed by atoms with Crippen LogP contribution in [0.4, 0.5) is 5.69 Å². The molecule has 0 heterocycles. The Morgan fingerprint density at radius 3 is 2.47 bits per heavy atom. The van der Waals surface area contributed by atoms with Crippen molar-refractivity contribution in [3.05, 3.63) is 64.7 Å². The number of amides is 3. The van der Waals surface area contributed by atoms with Crippen molar-refractivity contribution in [3.8, 4) is 0 Å². The number of halogens is 1. The van der Waals surface area contributed by atoms with Gasteiger partial charge in [0.15, 0.2) is 0 Å². The molecule has 0 radical (unpaired) electrons. The highest BCUT2D eigenvalue weighted by atomic mass is 35.5. The summed E-state index contributed by atoms with van der Waals surface area (Å²) in [5.74, 6) is -0.407. The lowest BCUT2D eigenvalue weighted by Crippen LogP contribution is -2.44. The predicted octanol–water partition coefficient (Wildman–Crippen LogP) is 6.05. The van der Waals surface area contributed by atoms with E-state index < -0.39 is 11.9 Å². The highest BCUT2D eigenvalue weighted by molar-refractivity contribution is 6.30. The van der Waals surface area contributed by atoms with Crippen molar-refractivity contribution in [1.82, 2.24) is 5.32 Å². The van der Waals surface area contributed by atoms with Crippen LogP contribution >= 0.6 is 11.6 Å². The fourth-order valence-corrected chi connectivity index (χ4v) is 5.35. The van der Waals surface area contributed by atoms with Crippen molar-refractivity contribution in [3.63, 3.8) is 0 Å². The number of nitrogens with one attached hydrogen (secondary N) is 2. The van der Waals surface area contributed by atoms with E-state index in [-0.39, 0.29) is 23.7 Å². The van der Waals surface area contributed by atoms with Crippen LogP contribution in [0.1, 0.15) is 87.1 Å². The lowest BCUT2D eigenvalue weighted by atomic mass is 9.69. The third-order valence-corrected chi connectivity index (χ3v) is 7.43. The number of nitrogens with two attached hydrogens (primary N) is 1. The molecule has 1 saturated carbocycles. The summed E-state index contributed by atoms with van der Waals surface area (Å²) in [6, 6.07) is 13.9. The van der Waals surface area contributed by atoms with Gasteiger partial charge in [0.2, 0.25) is 11.8 Å². The first kappa shape index (κ1) is 27.7. The molecular weight excluding hydrogens is 474 g/mol. The van der Waals surface area contributed by atoms with Gasteiger partial charge in [-0.3, -0.25) is 14.4 Å². The first-order valence-electron chi connectivity index (χ1n) is 13.1. The van der Waals surface area contributed by atoms with Gasteiger partial charge < -0.3 is 16.4 Å². The first-order chi connectivity index (χ1) is 17.3. The van der Waals surface area contributed by atoms with Crippen molar-refractivity contribution < 1.29 is 14.4 Å². The number of unbranched alkanes of at least 4 members (excludes halogenated alkanes) is 1. The van der Waals surface area contributed by atoms with Gasteiger partial charge in [-0.1, -0.05) is 69.3 Å². The molecule has 1 aliphatic rings. The largest absolute Gasteiger partial charge is 0.368 e. The zero-order valence-electron chi connectivity index (χ0n) is 21.3. The van der Waals surface area contributed by atoms with Crippen molar-refractivity contribution in [2.75, 3.05) is 5.32 Å². The topological polar surface area (TPSA) is 101 Å². The number of hydrogen-bond donors (Lipinski definition) is 3. The zero-order valence-corrected chi connectivity index (χ0v) is 22.0. The van der Waals surface area contributed by atoms with Gasteiger partial charge >= 0.3 is 0 Å². The number of carbonyl (C=O) groups excluding carboxylic acids is 3. The molecule has 2 aromatic rings. The summed E-state index contributed by atoms with van der Waals surface area (Å²) < 4.78 is 0. The van der Waals surface area contributed by atoms with E-state index in [1.807, 2.05) is 31.2 Å². The van der Waals surface area contributed by atoms with Gasteiger partial charge in [0, 0.05) is 22.2 Å². The van der Waals surface area contributed by atoms with Crippen LogP contribution in [0.2, 0.25) is 5.02 Å². The third kappa shape index (κ3) is 7.57. The normalized spacial score (nSPS) is 20.4. The maximum absolute atomic E-state index is 13.5. The Hall–Kier alpha value is -2.86. The molecule has 7 heteroatoms. The smallest absolute Gasteiger partial charge is 0.252 e. The summed E-state index contributed by atoms with van der Waals surface area (Å²) in [7, 11) is 0. The molecule has 0 bridgehead atoms. The van der Waals surface area contributed by atoms with Crippen LogP contribution in [0.15, 0.2) is 48.5 Å². The van der Waals surface area contributed by atoms with Crippen molar-refractivity contribution in [2.24, 2.45) is 17.6 Å². The van der Waals surface area contributed by atoms with Gasteiger partial charge in [0.05, 0.1) is 0 Å². The number of hydrogen-bond acceptors (Lipinski definition) is 3. The SMILES string of the molecule is CCCC[C@H](NC(=O)c1cccc(NC(=O)[C@@H]2CCC(CCC)C[C@H]2c2ccc(Cl)cc2)c1)C(N)=O. The Labute approximate surface area is 219 Å². The number of rotatable bonds is 11. The van der Waals surface area contributed by atoms with Crippen LogP contribution in [-0.4, -0.2) is 23.8 Å². The first-order valence-corrected chi connectivity index (χ1v) is 13.5. The minimum absolute atomic E-state index is 0.0413. The lowest BCUT2D eigenvalue weighted by Gasteiger charge is -2.36. The fourth-order valence-electron chi connectivity index (χ4n) is 5.23. The summed E-state index contributed by atoms with van der Waals surface area (Å²) in [5, 5.41) is 6.45. The number of anilines is 1. The third-order valence-electron chi connectivity index (χ3n) is 7.18. The molecule has 4 N–H and O–H groups in total. The molecule has 2 aromatic carbocycles. The molecule has 6 nitrogen and oxygen atoms in total. The molecule has 0 spiro atoms. The quantitative estimate of drug-likeness (QED) is 0.342. The Morgan fingerprint density at radius 2 is 1.81 bits per heavy atom. The zero-order chi connectivity index (χ0) is 26.1. The molecule has 4 atom stereocenters. The Balaban J connectivity index is 1.73. The summed E-state index contributed by atoms with van der Waals surface area (Å²) in [5.41, 5.74) is 7.53. The van der Waals surface area contributed by atoms with Crippen LogP contribution in [-0.2, 0) is 9.59 Å². The van der Waals surface area contributed by atoms with Gasteiger partial charge in [0.25, 0.3) is 5.91 Å². The average Bonchev–Trinajstić information content (AvgIpc) is 2.87. The van der Waals surface area contributed by atoms with Gasteiger partial charge in [-0.05, 0) is 73.4 Å². The van der Waals surface area contributed by atoms with Crippen LogP contribution in [0, 0.1) is 11.8 Å². The van der Waals surface area contributed by atoms with E-state index in [1.54, 1.807) is 24.3 Å². The fraction of sp³-hybridized carbons (Fsp3) is 0.483. The predicted molar refractivity (Wildman–Crippen MR) is 145 cm³/mol. The summed E-state index contributed by atoms with van der Waals surface area (Å²) in [6.07, 6.45) is 7.33. The van der Waals surface area contributed by atoms with E-state index in [2.05, 4.69) is 17.6 Å². The monoisotopic (exact) mass is 511 g/mol. The summed E-state index contributed by atoms with van der Waals surface area (Å²) in [4.78, 5) is 38.0. The molecule has 194 valence electrons. The van der Waals surface area contributed by atoms with Gasteiger partial charge in [-0.25, -0.2) is 0 Å². The van der Waals surface area contributed by atoms with Gasteiger partial charge in [-0.15, -0.1) is 0 Å². The minimum Gasteiger partial charge on any atom is -0.368 e. The molecular formula is C29H38ClN3O3. The van der Waals surface area contributed by atoms with E-state index in [1.165, 1.54) is 6.42 Å². The summed E-state index contributed by atoms with van der Waals surface area (Å²) >= 11 is 6.11. The standard InChI is InChI=1S/C29H38ClN3O3/c1-3-5-10-26(27(31)34)33-28(35)21-8-6-9-23(18-21)32-29(36)24-16-11-19(7-4-2)17-25(24)20-12-14-22(30)15-13-20/h6,8-9,12-15,18-19,24-26H,3-5,7,10-11,16-17H2,1-2H3,(H2,31,34)(H,32,36)(H,33,35)/t19?,24-,25+,26+/m1/s1. The molecule has 1 aliphatic carbocycles. The minimum atomic E-state index is -0.714. The molecule has 0 saturated heterocycles. The second-order valence-corrected chi connectivity index (χ2v) is 10.3. The Bertz CT molecular complexity index is 1040.